The Kier molecular flexibility index (Phi) is 6.69. The monoisotopic (exact) mass is 414 g/mol. The van der Waals surface area contributed by atoms with Crippen LogP contribution in [0, 0.1) is 0 Å². The minimum absolute atomic E-state index is 0.0458. The molecule has 0 unspecified atom stereocenters. The molecule has 3 rings (SSSR count). The highest BCUT2D eigenvalue weighted by Gasteiger charge is 2.27. The van der Waals surface area contributed by atoms with Gasteiger partial charge >= 0.3 is 0 Å². The van der Waals surface area contributed by atoms with E-state index in [1.165, 1.54) is 11.6 Å². The van der Waals surface area contributed by atoms with Crippen molar-refractivity contribution < 1.29 is 18.0 Å². The van der Waals surface area contributed by atoms with Crippen molar-refractivity contribution in [3.63, 3.8) is 0 Å². The summed E-state index contributed by atoms with van der Waals surface area (Å²) < 4.78 is 23.9. The maximum Gasteiger partial charge on any atom is 0.255 e. The van der Waals surface area contributed by atoms with Crippen LogP contribution in [0.5, 0.6) is 0 Å². The van der Waals surface area contributed by atoms with Crippen molar-refractivity contribution in [2.24, 2.45) is 0 Å². The second-order valence-corrected chi connectivity index (χ2v) is 9.26. The topological polar surface area (TPSA) is 74.8 Å². The molecule has 0 aliphatic carbocycles. The van der Waals surface area contributed by atoms with E-state index in [0.717, 1.165) is 19.1 Å². The Balaban J connectivity index is 1.53. The van der Waals surface area contributed by atoms with E-state index in [2.05, 4.69) is 12.1 Å². The van der Waals surface area contributed by atoms with Gasteiger partial charge in [0, 0.05) is 38.9 Å². The number of aryl methyl sites for hydroxylation is 1. The number of piperazine rings is 1. The minimum Gasteiger partial charge on any atom is -0.339 e. The first-order valence-electron chi connectivity index (χ1n) is 9.76. The van der Waals surface area contributed by atoms with Gasteiger partial charge in [-0.15, -0.1) is 0 Å². The van der Waals surface area contributed by atoms with Crippen LogP contribution in [-0.2, 0) is 21.1 Å². The molecule has 0 bridgehead atoms. The van der Waals surface area contributed by atoms with Crippen LogP contribution >= 0.6 is 0 Å². The van der Waals surface area contributed by atoms with Gasteiger partial charge in [-0.05, 0) is 30.5 Å². The molecule has 2 amide bonds. The molecule has 1 aliphatic rings. The van der Waals surface area contributed by atoms with Crippen LogP contribution < -0.4 is 0 Å². The summed E-state index contributed by atoms with van der Waals surface area (Å²) in [6.07, 6.45) is 3.25. The van der Waals surface area contributed by atoms with Gasteiger partial charge in [0.15, 0.2) is 9.84 Å². The summed E-state index contributed by atoms with van der Waals surface area (Å²) in [5.74, 6) is -0.202. The third-order valence-corrected chi connectivity index (χ3v) is 6.29. The van der Waals surface area contributed by atoms with Gasteiger partial charge in [-0.1, -0.05) is 42.5 Å². The first-order chi connectivity index (χ1) is 13.9. The number of hydrogen-bond donors (Lipinski definition) is 0. The molecule has 1 heterocycles. The Morgan fingerprint density at radius 2 is 1.45 bits per heavy atom. The maximum atomic E-state index is 12.8. The highest BCUT2D eigenvalue weighted by Crippen LogP contribution is 2.18. The molecule has 1 fully saturated rings. The van der Waals surface area contributed by atoms with Crippen molar-refractivity contribution >= 4 is 21.7 Å². The zero-order valence-electron chi connectivity index (χ0n) is 16.6. The van der Waals surface area contributed by atoms with Crippen molar-refractivity contribution in [3.05, 3.63) is 65.7 Å². The second kappa shape index (κ2) is 9.22. The standard InChI is InChI=1S/C22H26N2O4S/c1-29(27,28)20-12-6-5-11-19(20)22(26)24-16-14-23(15-17-24)21(25)13-7-10-18-8-3-2-4-9-18/h2-6,8-9,11-12H,7,10,13-17H2,1H3. The highest BCUT2D eigenvalue weighted by molar-refractivity contribution is 7.90. The molecule has 2 aromatic carbocycles. The van der Waals surface area contributed by atoms with Crippen molar-refractivity contribution in [2.45, 2.75) is 24.2 Å². The first-order valence-corrected chi connectivity index (χ1v) is 11.7. The molecule has 7 heteroatoms. The van der Waals surface area contributed by atoms with Crippen molar-refractivity contribution in [1.29, 1.82) is 0 Å². The Morgan fingerprint density at radius 3 is 2.10 bits per heavy atom. The predicted molar refractivity (Wildman–Crippen MR) is 111 cm³/mol. The summed E-state index contributed by atoms with van der Waals surface area (Å²) in [7, 11) is -3.49. The average Bonchev–Trinajstić information content (AvgIpc) is 2.73. The second-order valence-electron chi connectivity index (χ2n) is 7.28. The minimum atomic E-state index is -3.49. The summed E-state index contributed by atoms with van der Waals surface area (Å²) in [5, 5.41) is 0. The van der Waals surface area contributed by atoms with Gasteiger partial charge in [0.2, 0.25) is 5.91 Å². The van der Waals surface area contributed by atoms with E-state index in [0.29, 0.717) is 32.6 Å². The van der Waals surface area contributed by atoms with Crippen molar-refractivity contribution in [1.82, 2.24) is 9.80 Å². The van der Waals surface area contributed by atoms with Crippen LogP contribution in [0.2, 0.25) is 0 Å². The molecule has 0 spiro atoms. The van der Waals surface area contributed by atoms with Gasteiger partial charge in [-0.3, -0.25) is 9.59 Å². The number of nitrogens with zero attached hydrogens (tertiary/aromatic N) is 2. The molecule has 29 heavy (non-hydrogen) atoms. The quantitative estimate of drug-likeness (QED) is 0.727. The summed E-state index contributed by atoms with van der Waals surface area (Å²) in [4.78, 5) is 28.8. The first kappa shape index (κ1) is 21.0. The number of amides is 2. The molecule has 154 valence electrons. The van der Waals surface area contributed by atoms with Crippen molar-refractivity contribution in [2.75, 3.05) is 32.4 Å². The largest absolute Gasteiger partial charge is 0.339 e. The van der Waals surface area contributed by atoms with E-state index in [1.807, 2.05) is 18.2 Å². The molecule has 2 aromatic rings. The smallest absolute Gasteiger partial charge is 0.255 e. The van der Waals surface area contributed by atoms with Gasteiger partial charge < -0.3 is 9.80 Å². The van der Waals surface area contributed by atoms with E-state index in [9.17, 15) is 18.0 Å². The SMILES string of the molecule is CS(=O)(=O)c1ccccc1C(=O)N1CCN(C(=O)CCCc2ccccc2)CC1. The third-order valence-electron chi connectivity index (χ3n) is 5.14. The lowest BCUT2D eigenvalue weighted by Crippen LogP contribution is -2.50. The lowest BCUT2D eigenvalue weighted by Gasteiger charge is -2.35. The molecule has 0 aromatic heterocycles. The summed E-state index contributed by atoms with van der Waals surface area (Å²) >= 11 is 0. The van der Waals surface area contributed by atoms with Crippen LogP contribution in [-0.4, -0.2) is 62.5 Å². The van der Waals surface area contributed by atoms with Crippen LogP contribution in [0.25, 0.3) is 0 Å². The lowest BCUT2D eigenvalue weighted by atomic mass is 10.1. The highest BCUT2D eigenvalue weighted by atomic mass is 32.2. The van der Waals surface area contributed by atoms with Crippen LogP contribution in [0.15, 0.2) is 59.5 Å². The Morgan fingerprint density at radius 1 is 0.862 bits per heavy atom. The molecule has 0 N–H and O–H groups in total. The van der Waals surface area contributed by atoms with Gasteiger partial charge in [0.05, 0.1) is 10.5 Å². The number of benzene rings is 2. The van der Waals surface area contributed by atoms with Crippen LogP contribution in [0.4, 0.5) is 0 Å². The van der Waals surface area contributed by atoms with Gasteiger partial charge in [-0.25, -0.2) is 8.42 Å². The number of carbonyl (C=O) groups excluding carboxylic acids is 2. The zero-order valence-corrected chi connectivity index (χ0v) is 17.4. The number of sulfone groups is 1. The molecule has 1 saturated heterocycles. The molecule has 0 radical (unpaired) electrons. The lowest BCUT2D eigenvalue weighted by molar-refractivity contribution is -0.132. The number of carbonyl (C=O) groups is 2. The Bertz CT molecular complexity index is 965. The third kappa shape index (κ3) is 5.44. The summed E-state index contributed by atoms with van der Waals surface area (Å²) in [6.45, 7) is 1.75. The molecular formula is C22H26N2O4S. The predicted octanol–water partition coefficient (Wildman–Crippen LogP) is 2.40. The van der Waals surface area contributed by atoms with Gasteiger partial charge in [-0.2, -0.15) is 0 Å². The molecule has 0 atom stereocenters. The van der Waals surface area contributed by atoms with Crippen LogP contribution in [0.1, 0.15) is 28.8 Å². The fourth-order valence-corrected chi connectivity index (χ4v) is 4.42. The van der Waals surface area contributed by atoms with E-state index in [4.69, 9.17) is 0 Å². The average molecular weight is 415 g/mol. The van der Waals surface area contributed by atoms with E-state index in [1.54, 1.807) is 28.0 Å². The molecule has 6 nitrogen and oxygen atoms in total. The normalized spacial score (nSPS) is 14.7. The Labute approximate surface area is 172 Å². The number of rotatable bonds is 6. The van der Waals surface area contributed by atoms with Gasteiger partial charge in [0.1, 0.15) is 0 Å². The molecule has 1 aliphatic heterocycles. The maximum absolute atomic E-state index is 12.8. The summed E-state index contributed by atoms with van der Waals surface area (Å²) in [5.41, 5.74) is 1.41. The van der Waals surface area contributed by atoms with E-state index >= 15 is 0 Å². The Hall–Kier alpha value is -2.67. The van der Waals surface area contributed by atoms with E-state index < -0.39 is 9.84 Å². The fourth-order valence-electron chi connectivity index (χ4n) is 3.54. The molecular weight excluding hydrogens is 388 g/mol. The van der Waals surface area contributed by atoms with Gasteiger partial charge in [0.25, 0.3) is 5.91 Å². The zero-order chi connectivity index (χ0) is 20.9. The molecule has 0 saturated carbocycles. The van der Waals surface area contributed by atoms with Crippen LogP contribution in [0.3, 0.4) is 0 Å². The van der Waals surface area contributed by atoms with Crippen molar-refractivity contribution in [3.8, 4) is 0 Å². The number of hydrogen-bond acceptors (Lipinski definition) is 4. The van der Waals surface area contributed by atoms with E-state index in [-0.39, 0.29) is 22.3 Å². The summed E-state index contributed by atoms with van der Waals surface area (Å²) in [6, 6.07) is 16.4. The fraction of sp³-hybridized carbons (Fsp3) is 0.364.